The number of hydrogen-bond donors (Lipinski definition) is 0. The number of rotatable bonds is 9. The molecule has 0 saturated carbocycles. The van der Waals surface area contributed by atoms with Crippen molar-refractivity contribution < 1.29 is 13.2 Å². The molecule has 0 aromatic heterocycles. The van der Waals surface area contributed by atoms with Crippen molar-refractivity contribution in [1.29, 1.82) is 0 Å². The highest BCUT2D eigenvalue weighted by atomic mass is 19.3. The molecule has 0 aliphatic rings. The first-order valence-electron chi connectivity index (χ1n) is 5.60. The molecule has 0 aliphatic carbocycles. The molecule has 0 nitrogen and oxygen atoms in total. The van der Waals surface area contributed by atoms with Crippen LogP contribution in [0.25, 0.3) is 0 Å². The van der Waals surface area contributed by atoms with Crippen LogP contribution in [0.2, 0.25) is 0 Å². The van der Waals surface area contributed by atoms with E-state index in [1.54, 1.807) is 0 Å². The molecule has 0 N–H and O–H groups in total. The van der Waals surface area contributed by atoms with E-state index < -0.39 is 12.6 Å². The average Bonchev–Trinajstić information content (AvgIpc) is 2.16. The van der Waals surface area contributed by atoms with Gasteiger partial charge in [0.15, 0.2) is 6.17 Å². The van der Waals surface area contributed by atoms with Gasteiger partial charge in [0.05, 0.1) is 0 Å². The van der Waals surface area contributed by atoms with Crippen molar-refractivity contribution in [2.24, 2.45) is 0 Å². The molecule has 0 radical (unpaired) electrons. The van der Waals surface area contributed by atoms with E-state index in [0.717, 1.165) is 19.3 Å². The molecule has 0 aliphatic heterocycles. The van der Waals surface area contributed by atoms with E-state index in [-0.39, 0.29) is 6.42 Å². The highest BCUT2D eigenvalue weighted by Crippen LogP contribution is 2.15. The van der Waals surface area contributed by atoms with Gasteiger partial charge in [-0.1, -0.05) is 51.9 Å². The van der Waals surface area contributed by atoms with E-state index in [4.69, 9.17) is 0 Å². The van der Waals surface area contributed by atoms with Gasteiger partial charge in [0, 0.05) is 0 Å². The van der Waals surface area contributed by atoms with Crippen molar-refractivity contribution >= 4 is 0 Å². The Morgan fingerprint density at radius 1 is 0.786 bits per heavy atom. The third kappa shape index (κ3) is 8.39. The fourth-order valence-electron chi connectivity index (χ4n) is 1.42. The van der Waals surface area contributed by atoms with Crippen LogP contribution in [0.5, 0.6) is 0 Å². The quantitative estimate of drug-likeness (QED) is 0.482. The van der Waals surface area contributed by atoms with Crippen molar-refractivity contribution in [2.75, 3.05) is 0 Å². The van der Waals surface area contributed by atoms with E-state index >= 15 is 0 Å². The van der Waals surface area contributed by atoms with Gasteiger partial charge in [-0.25, -0.2) is 13.2 Å². The van der Waals surface area contributed by atoms with Crippen LogP contribution in [0.4, 0.5) is 13.2 Å². The van der Waals surface area contributed by atoms with Gasteiger partial charge in [-0.05, 0) is 6.42 Å². The maximum Gasteiger partial charge on any atom is 0.269 e. The highest BCUT2D eigenvalue weighted by molar-refractivity contribution is 4.58. The van der Waals surface area contributed by atoms with Crippen molar-refractivity contribution in [3.8, 4) is 0 Å². The summed E-state index contributed by atoms with van der Waals surface area (Å²) in [5, 5.41) is 0. The molecule has 0 saturated heterocycles. The molecule has 1 unspecified atom stereocenters. The fraction of sp³-hybridized carbons (Fsp3) is 1.00. The molecule has 0 aromatic carbocycles. The zero-order chi connectivity index (χ0) is 10.8. The largest absolute Gasteiger partial charge is 0.269 e. The summed E-state index contributed by atoms with van der Waals surface area (Å²) in [4.78, 5) is 0. The van der Waals surface area contributed by atoms with Gasteiger partial charge in [0.2, 0.25) is 0 Å². The third-order valence-corrected chi connectivity index (χ3v) is 2.36. The summed E-state index contributed by atoms with van der Waals surface area (Å²) in [7, 11) is 0. The Hall–Kier alpha value is -0.210. The number of halogens is 3. The van der Waals surface area contributed by atoms with Crippen molar-refractivity contribution in [3.05, 3.63) is 0 Å². The first-order chi connectivity index (χ1) is 6.68. The molecule has 3 heteroatoms. The molecule has 0 aromatic rings. The van der Waals surface area contributed by atoms with E-state index in [9.17, 15) is 13.2 Å². The normalized spacial score (nSPS) is 13.5. The Balaban J connectivity index is 3.06. The zero-order valence-corrected chi connectivity index (χ0v) is 8.95. The van der Waals surface area contributed by atoms with Crippen LogP contribution in [-0.4, -0.2) is 12.6 Å². The van der Waals surface area contributed by atoms with Crippen LogP contribution in [0.3, 0.4) is 0 Å². The van der Waals surface area contributed by atoms with Crippen molar-refractivity contribution in [1.82, 2.24) is 0 Å². The standard InChI is InChI=1S/C11H21F3/c1-2-3-4-5-6-7-8-9-10(12)11(13)14/h10-11H,2-9H2,1H3. The minimum Gasteiger partial charge on any atom is -0.241 e. The van der Waals surface area contributed by atoms with Gasteiger partial charge >= 0.3 is 0 Å². The van der Waals surface area contributed by atoms with E-state index in [1.165, 1.54) is 19.3 Å². The first kappa shape index (κ1) is 13.8. The summed E-state index contributed by atoms with van der Waals surface area (Å²) < 4.78 is 35.9. The Bertz CT molecular complexity index is 115. The molecular formula is C11H21F3. The molecule has 0 bridgehead atoms. The Morgan fingerprint density at radius 2 is 1.29 bits per heavy atom. The predicted molar refractivity (Wildman–Crippen MR) is 53.5 cm³/mol. The molecule has 1 atom stereocenters. The summed E-state index contributed by atoms with van der Waals surface area (Å²) in [6.07, 6.45) is 2.65. The number of unbranched alkanes of at least 4 members (excludes halogenated alkanes) is 6. The Labute approximate surface area is 84.9 Å². The van der Waals surface area contributed by atoms with Crippen LogP contribution < -0.4 is 0 Å². The molecule has 0 amide bonds. The van der Waals surface area contributed by atoms with E-state index in [2.05, 4.69) is 6.92 Å². The smallest absolute Gasteiger partial charge is 0.241 e. The number of alkyl halides is 3. The fourth-order valence-corrected chi connectivity index (χ4v) is 1.42. The summed E-state index contributed by atoms with van der Waals surface area (Å²) in [6.45, 7) is 2.15. The van der Waals surface area contributed by atoms with Crippen LogP contribution in [0, 0.1) is 0 Å². The number of hydrogen-bond acceptors (Lipinski definition) is 0. The summed E-state index contributed by atoms with van der Waals surface area (Å²) in [5.41, 5.74) is 0. The second-order valence-corrected chi connectivity index (χ2v) is 3.76. The summed E-state index contributed by atoms with van der Waals surface area (Å²) in [6, 6.07) is 0. The molecular weight excluding hydrogens is 189 g/mol. The molecule has 0 fully saturated rings. The third-order valence-electron chi connectivity index (χ3n) is 2.36. The Morgan fingerprint density at radius 3 is 1.79 bits per heavy atom. The van der Waals surface area contributed by atoms with Gasteiger partial charge < -0.3 is 0 Å². The maximum atomic E-state index is 12.4. The molecule has 0 rings (SSSR count). The Kier molecular flexibility index (Phi) is 9.21. The predicted octanol–water partition coefficient (Wildman–Crippen LogP) is 4.73. The second kappa shape index (κ2) is 9.35. The first-order valence-corrected chi connectivity index (χ1v) is 5.60. The lowest BCUT2D eigenvalue weighted by Crippen LogP contribution is -2.11. The van der Waals surface area contributed by atoms with Gasteiger partial charge in [-0.2, -0.15) is 0 Å². The summed E-state index contributed by atoms with van der Waals surface area (Å²) in [5.74, 6) is 0. The van der Waals surface area contributed by atoms with Gasteiger partial charge in [0.1, 0.15) is 0 Å². The van der Waals surface area contributed by atoms with Crippen LogP contribution >= 0.6 is 0 Å². The lowest BCUT2D eigenvalue weighted by molar-refractivity contribution is 0.0440. The van der Waals surface area contributed by atoms with Crippen molar-refractivity contribution in [2.45, 2.75) is 70.9 Å². The van der Waals surface area contributed by atoms with E-state index in [0.29, 0.717) is 6.42 Å². The highest BCUT2D eigenvalue weighted by Gasteiger charge is 2.17. The van der Waals surface area contributed by atoms with Crippen LogP contribution in [-0.2, 0) is 0 Å². The summed E-state index contributed by atoms with van der Waals surface area (Å²) >= 11 is 0. The lowest BCUT2D eigenvalue weighted by atomic mass is 10.1. The van der Waals surface area contributed by atoms with Gasteiger partial charge in [0.25, 0.3) is 6.43 Å². The molecule has 0 spiro atoms. The molecule has 86 valence electrons. The van der Waals surface area contributed by atoms with Crippen LogP contribution in [0.1, 0.15) is 58.3 Å². The lowest BCUT2D eigenvalue weighted by Gasteiger charge is -2.06. The SMILES string of the molecule is CCCCCCCCCC(F)C(F)F. The molecule has 0 heterocycles. The minimum atomic E-state index is -2.80. The maximum absolute atomic E-state index is 12.4. The minimum absolute atomic E-state index is 0.0193. The van der Waals surface area contributed by atoms with Crippen molar-refractivity contribution in [3.63, 3.8) is 0 Å². The van der Waals surface area contributed by atoms with Gasteiger partial charge in [-0.3, -0.25) is 0 Å². The van der Waals surface area contributed by atoms with E-state index in [1.807, 2.05) is 0 Å². The van der Waals surface area contributed by atoms with Crippen LogP contribution in [0.15, 0.2) is 0 Å². The van der Waals surface area contributed by atoms with Gasteiger partial charge in [-0.15, -0.1) is 0 Å². The second-order valence-electron chi connectivity index (χ2n) is 3.76. The molecule has 14 heavy (non-hydrogen) atoms. The zero-order valence-electron chi connectivity index (χ0n) is 8.95. The monoisotopic (exact) mass is 210 g/mol. The average molecular weight is 210 g/mol. The topological polar surface area (TPSA) is 0 Å².